The van der Waals surface area contributed by atoms with Gasteiger partial charge in [0.1, 0.15) is 5.75 Å². The van der Waals surface area contributed by atoms with Gasteiger partial charge in [0, 0.05) is 17.8 Å². The topological polar surface area (TPSA) is 36.5 Å². The van der Waals surface area contributed by atoms with E-state index in [0.717, 1.165) is 23.4 Å². The van der Waals surface area contributed by atoms with Gasteiger partial charge in [-0.15, -0.1) is 0 Å². The molecule has 0 spiro atoms. The van der Waals surface area contributed by atoms with E-state index in [1.165, 1.54) is 18.4 Å². The zero-order valence-electron chi connectivity index (χ0n) is 16.8. The predicted molar refractivity (Wildman–Crippen MR) is 119 cm³/mol. The highest BCUT2D eigenvalue weighted by atomic mass is 32.1. The number of nitrogens with one attached hydrogen (secondary N) is 2. The summed E-state index contributed by atoms with van der Waals surface area (Å²) in [5, 5.41) is 7.23. The van der Waals surface area contributed by atoms with Gasteiger partial charge in [0.05, 0.1) is 13.2 Å². The number of nitrogens with zero attached hydrogens (tertiary/aromatic N) is 1. The lowest BCUT2D eigenvalue weighted by Gasteiger charge is -2.27. The number of hydrogen-bond acceptors (Lipinski definition) is 3. The molecule has 2 N–H and O–H groups in total. The van der Waals surface area contributed by atoms with E-state index in [4.69, 9.17) is 17.0 Å². The second-order valence-corrected chi connectivity index (χ2v) is 7.27. The lowest BCUT2D eigenvalue weighted by Crippen LogP contribution is -2.36. The smallest absolute Gasteiger partial charge is 0.170 e. The van der Waals surface area contributed by atoms with Gasteiger partial charge >= 0.3 is 0 Å². The molecule has 4 nitrogen and oxygen atoms in total. The van der Waals surface area contributed by atoms with Crippen LogP contribution in [0.3, 0.4) is 0 Å². The predicted octanol–water partition coefficient (Wildman–Crippen LogP) is 4.63. The van der Waals surface area contributed by atoms with Crippen molar-refractivity contribution in [3.63, 3.8) is 0 Å². The van der Waals surface area contributed by atoms with Gasteiger partial charge in [0.2, 0.25) is 0 Å². The number of hydrogen-bond donors (Lipinski definition) is 2. The van der Waals surface area contributed by atoms with Crippen LogP contribution in [0, 0.1) is 0 Å². The third kappa shape index (κ3) is 6.52. The number of unbranched alkanes of at least 4 members (excludes halogenated alkanes) is 1. The Morgan fingerprint density at radius 1 is 1.11 bits per heavy atom. The normalized spacial score (nSPS) is 11.9. The summed E-state index contributed by atoms with van der Waals surface area (Å²) in [5.41, 5.74) is 3.51. The molecule has 0 aromatic heterocycles. The minimum absolute atomic E-state index is 0.150. The molecule has 0 bridgehead atoms. The average Bonchev–Trinajstić information content (AvgIpc) is 2.67. The van der Waals surface area contributed by atoms with Crippen LogP contribution < -0.4 is 15.4 Å². The Morgan fingerprint density at radius 2 is 1.81 bits per heavy atom. The zero-order valence-corrected chi connectivity index (χ0v) is 17.6. The van der Waals surface area contributed by atoms with Crippen LogP contribution in [0.2, 0.25) is 0 Å². The van der Waals surface area contributed by atoms with Crippen LogP contribution in [-0.2, 0) is 6.42 Å². The van der Waals surface area contributed by atoms with E-state index in [1.807, 2.05) is 18.2 Å². The van der Waals surface area contributed by atoms with Crippen LogP contribution in [0.25, 0.3) is 0 Å². The lowest BCUT2D eigenvalue weighted by molar-refractivity contribution is 0.288. The van der Waals surface area contributed by atoms with Crippen LogP contribution in [0.4, 0.5) is 5.69 Å². The third-order valence-electron chi connectivity index (χ3n) is 4.61. The van der Waals surface area contributed by atoms with Gasteiger partial charge in [-0.05, 0) is 62.9 Å². The number of anilines is 1. The van der Waals surface area contributed by atoms with Crippen LogP contribution >= 0.6 is 12.2 Å². The summed E-state index contributed by atoms with van der Waals surface area (Å²) >= 11 is 5.48. The molecular formula is C22H31N3OS. The zero-order chi connectivity index (χ0) is 19.6. The highest BCUT2D eigenvalue weighted by Gasteiger charge is 2.18. The van der Waals surface area contributed by atoms with Crippen molar-refractivity contribution in [2.45, 2.75) is 32.2 Å². The molecule has 0 aliphatic carbocycles. The summed E-state index contributed by atoms with van der Waals surface area (Å²) in [6.45, 7) is 2.90. The molecule has 2 rings (SSSR count). The number of benzene rings is 2. The molecule has 27 heavy (non-hydrogen) atoms. The molecule has 0 saturated carbocycles. The van der Waals surface area contributed by atoms with Crippen molar-refractivity contribution in [3.05, 3.63) is 59.7 Å². The van der Waals surface area contributed by atoms with Gasteiger partial charge in [-0.25, -0.2) is 0 Å². The van der Waals surface area contributed by atoms with Gasteiger partial charge < -0.3 is 20.3 Å². The van der Waals surface area contributed by atoms with Crippen LogP contribution in [-0.4, -0.2) is 37.8 Å². The molecule has 1 atom stereocenters. The Balaban J connectivity index is 1.94. The average molecular weight is 386 g/mol. The van der Waals surface area contributed by atoms with Gasteiger partial charge in [0.25, 0.3) is 0 Å². The number of ether oxygens (including phenoxy) is 1. The number of rotatable bonds is 9. The van der Waals surface area contributed by atoms with Crippen molar-refractivity contribution in [1.82, 2.24) is 10.2 Å². The lowest BCUT2D eigenvalue weighted by atomic mass is 10.0. The number of methoxy groups -OCH3 is 1. The molecule has 0 saturated heterocycles. The highest BCUT2D eigenvalue weighted by molar-refractivity contribution is 7.80. The Bertz CT molecular complexity index is 716. The highest BCUT2D eigenvalue weighted by Crippen LogP contribution is 2.27. The SMILES string of the molecule is CCCCc1ccc(NC(=S)NC[C@H](c2ccccc2OC)N(C)C)cc1. The Kier molecular flexibility index (Phi) is 8.55. The first-order valence-electron chi connectivity index (χ1n) is 9.48. The molecule has 0 aliphatic rings. The molecule has 0 fully saturated rings. The van der Waals surface area contributed by atoms with E-state index >= 15 is 0 Å². The Morgan fingerprint density at radius 3 is 2.44 bits per heavy atom. The molecular weight excluding hydrogens is 354 g/mol. The maximum absolute atomic E-state index is 5.52. The maximum Gasteiger partial charge on any atom is 0.170 e. The monoisotopic (exact) mass is 385 g/mol. The second-order valence-electron chi connectivity index (χ2n) is 6.86. The first-order chi connectivity index (χ1) is 13.0. The van der Waals surface area contributed by atoms with Gasteiger partial charge in [-0.3, -0.25) is 0 Å². The van der Waals surface area contributed by atoms with Gasteiger partial charge in [-0.2, -0.15) is 0 Å². The van der Waals surface area contributed by atoms with E-state index < -0.39 is 0 Å². The number of aryl methyl sites for hydroxylation is 1. The fraction of sp³-hybridized carbons (Fsp3) is 0.409. The fourth-order valence-corrected chi connectivity index (χ4v) is 3.21. The molecule has 0 unspecified atom stereocenters. The Labute approximate surface area is 168 Å². The first-order valence-corrected chi connectivity index (χ1v) is 9.89. The van der Waals surface area contributed by atoms with Crippen LogP contribution in [0.1, 0.15) is 36.9 Å². The number of thiocarbonyl (C=S) groups is 1. The fourth-order valence-electron chi connectivity index (χ4n) is 3.01. The van der Waals surface area contributed by atoms with Crippen molar-refractivity contribution in [2.75, 3.05) is 33.1 Å². The molecule has 2 aromatic carbocycles. The molecule has 0 amide bonds. The summed E-state index contributed by atoms with van der Waals surface area (Å²) < 4.78 is 5.52. The van der Waals surface area contributed by atoms with Crippen LogP contribution in [0.5, 0.6) is 5.75 Å². The third-order valence-corrected chi connectivity index (χ3v) is 4.85. The molecule has 0 radical (unpaired) electrons. The standard InChI is InChI=1S/C22H31N3OS/c1-5-6-9-17-12-14-18(15-13-17)24-22(27)23-16-20(25(2)3)19-10-7-8-11-21(19)26-4/h7-8,10-15,20H,5-6,9,16H2,1-4H3,(H2,23,24,27)/t20-/m1/s1. The van der Waals surface area contributed by atoms with E-state index in [1.54, 1.807) is 7.11 Å². The molecule has 146 valence electrons. The van der Waals surface area contributed by atoms with Crippen molar-refractivity contribution < 1.29 is 4.74 Å². The van der Waals surface area contributed by atoms with Crippen molar-refractivity contribution in [1.29, 1.82) is 0 Å². The maximum atomic E-state index is 5.52. The summed E-state index contributed by atoms with van der Waals surface area (Å²) in [6, 6.07) is 16.8. The van der Waals surface area contributed by atoms with Crippen LogP contribution in [0.15, 0.2) is 48.5 Å². The van der Waals surface area contributed by atoms with E-state index in [9.17, 15) is 0 Å². The van der Waals surface area contributed by atoms with E-state index in [0.29, 0.717) is 11.7 Å². The Hall–Kier alpha value is -2.11. The largest absolute Gasteiger partial charge is 0.496 e. The molecule has 5 heteroatoms. The summed E-state index contributed by atoms with van der Waals surface area (Å²) in [5.74, 6) is 0.888. The van der Waals surface area contributed by atoms with E-state index in [2.05, 4.69) is 66.9 Å². The van der Waals surface area contributed by atoms with Gasteiger partial charge in [0.15, 0.2) is 5.11 Å². The summed E-state index contributed by atoms with van der Waals surface area (Å²) in [4.78, 5) is 2.16. The first kappa shape index (κ1) is 21.2. The van der Waals surface area contributed by atoms with E-state index in [-0.39, 0.29) is 6.04 Å². The summed E-state index contributed by atoms with van der Waals surface area (Å²) in [7, 11) is 5.82. The quantitative estimate of drug-likeness (QED) is 0.616. The number of para-hydroxylation sites is 1. The van der Waals surface area contributed by atoms with Crippen molar-refractivity contribution >= 4 is 23.0 Å². The molecule has 2 aromatic rings. The van der Waals surface area contributed by atoms with Crippen molar-refractivity contribution in [2.24, 2.45) is 0 Å². The summed E-state index contributed by atoms with van der Waals surface area (Å²) in [6.07, 6.45) is 3.57. The van der Waals surface area contributed by atoms with Crippen molar-refractivity contribution in [3.8, 4) is 5.75 Å². The second kappa shape index (κ2) is 10.9. The minimum Gasteiger partial charge on any atom is -0.496 e. The van der Waals surface area contributed by atoms with Gasteiger partial charge in [-0.1, -0.05) is 43.7 Å². The number of likely N-dealkylation sites (N-methyl/N-ethyl adjacent to an activating group) is 1. The molecule has 0 heterocycles. The minimum atomic E-state index is 0.150. The molecule has 0 aliphatic heterocycles.